The summed E-state index contributed by atoms with van der Waals surface area (Å²) in [4.78, 5) is 22.4. The molecule has 106 valence electrons. The van der Waals surface area contributed by atoms with Gasteiger partial charge in [0.15, 0.2) is 11.6 Å². The van der Waals surface area contributed by atoms with Crippen molar-refractivity contribution in [3.63, 3.8) is 0 Å². The Labute approximate surface area is 125 Å². The van der Waals surface area contributed by atoms with Gasteiger partial charge in [0.2, 0.25) is 0 Å². The Morgan fingerprint density at radius 1 is 0.810 bits per heavy atom. The highest BCUT2D eigenvalue weighted by atomic mass is 16.1. The van der Waals surface area contributed by atoms with Crippen molar-refractivity contribution in [2.24, 2.45) is 0 Å². The second-order valence-corrected chi connectivity index (χ2v) is 5.04. The van der Waals surface area contributed by atoms with E-state index in [1.807, 2.05) is 54.6 Å². The number of allylic oxidation sites excluding steroid dienone is 1. The Balaban J connectivity index is 1.98. The number of benzene rings is 2. The van der Waals surface area contributed by atoms with Gasteiger partial charge in [-0.1, -0.05) is 60.7 Å². The van der Waals surface area contributed by atoms with Crippen molar-refractivity contribution in [2.75, 3.05) is 0 Å². The van der Waals surface area contributed by atoms with Gasteiger partial charge in [0.05, 0.1) is 0 Å². The molecule has 21 heavy (non-hydrogen) atoms. The molecule has 2 aromatic rings. The first-order valence-corrected chi connectivity index (χ1v) is 6.93. The van der Waals surface area contributed by atoms with Gasteiger partial charge in [-0.25, -0.2) is 0 Å². The molecule has 0 aromatic heterocycles. The van der Waals surface area contributed by atoms with Crippen LogP contribution in [-0.2, 0) is 6.42 Å². The van der Waals surface area contributed by atoms with E-state index < -0.39 is 0 Å². The largest absolute Gasteiger partial charge is 0.295 e. The van der Waals surface area contributed by atoms with Crippen molar-refractivity contribution in [3.05, 3.63) is 76.9 Å². The third-order valence-electron chi connectivity index (χ3n) is 3.34. The number of Topliss-reactive ketones (excluding diaryl/α,β-unsaturated/α-hetero) is 2. The maximum absolute atomic E-state index is 11.2. The summed E-state index contributed by atoms with van der Waals surface area (Å²) in [5, 5.41) is 0. The van der Waals surface area contributed by atoms with E-state index in [1.165, 1.54) is 0 Å². The summed E-state index contributed by atoms with van der Waals surface area (Å²) in [6.45, 7) is 3.13. The molecular weight excluding hydrogens is 260 g/mol. The highest BCUT2D eigenvalue weighted by Crippen LogP contribution is 2.10. The van der Waals surface area contributed by atoms with Crippen molar-refractivity contribution in [1.29, 1.82) is 0 Å². The van der Waals surface area contributed by atoms with Gasteiger partial charge in [-0.3, -0.25) is 9.59 Å². The molecule has 2 heteroatoms. The van der Waals surface area contributed by atoms with Crippen LogP contribution in [0, 0.1) is 0 Å². The quantitative estimate of drug-likeness (QED) is 0.762. The zero-order valence-electron chi connectivity index (χ0n) is 12.3. The number of carbonyl (C=O) groups is 2. The average Bonchev–Trinajstić information content (AvgIpc) is 2.48. The number of ketones is 2. The summed E-state index contributed by atoms with van der Waals surface area (Å²) >= 11 is 0. The lowest BCUT2D eigenvalue weighted by molar-refractivity contribution is 0.100. The predicted octanol–water partition coefficient (Wildman–Crippen LogP) is 4.35. The minimum absolute atomic E-state index is 0.0797. The van der Waals surface area contributed by atoms with Gasteiger partial charge in [-0.05, 0) is 31.4 Å². The van der Waals surface area contributed by atoms with Crippen LogP contribution in [0.3, 0.4) is 0 Å². The molecule has 0 spiro atoms. The zero-order valence-corrected chi connectivity index (χ0v) is 12.3. The van der Waals surface area contributed by atoms with Crippen LogP contribution >= 0.6 is 0 Å². The second kappa shape index (κ2) is 6.80. The molecule has 0 unspecified atom stereocenters. The fourth-order valence-corrected chi connectivity index (χ4v) is 2.04. The Bertz CT molecular complexity index is 662. The number of carbonyl (C=O) groups excluding carboxylic acids is 2. The van der Waals surface area contributed by atoms with Crippen molar-refractivity contribution >= 4 is 17.6 Å². The third-order valence-corrected chi connectivity index (χ3v) is 3.34. The molecule has 2 nitrogen and oxygen atoms in total. The predicted molar refractivity (Wildman–Crippen MR) is 85.6 cm³/mol. The minimum Gasteiger partial charge on any atom is -0.295 e. The minimum atomic E-state index is 0.0797. The van der Waals surface area contributed by atoms with Gasteiger partial charge >= 0.3 is 0 Å². The van der Waals surface area contributed by atoms with Crippen LogP contribution in [0.2, 0.25) is 0 Å². The molecule has 0 aliphatic carbocycles. The van der Waals surface area contributed by atoms with E-state index in [0.717, 1.165) is 28.7 Å². The molecule has 0 atom stereocenters. The van der Waals surface area contributed by atoms with Crippen molar-refractivity contribution in [1.82, 2.24) is 0 Å². The van der Waals surface area contributed by atoms with Crippen LogP contribution in [0.1, 0.15) is 45.7 Å². The van der Waals surface area contributed by atoms with E-state index in [4.69, 9.17) is 0 Å². The SMILES string of the molecule is CC(=O)c1ccc(/C=C/Cc2ccc(C(C)=O)cc2)cc1. The molecule has 2 rings (SSSR count). The van der Waals surface area contributed by atoms with Gasteiger partial charge in [-0.15, -0.1) is 0 Å². The van der Waals surface area contributed by atoms with Gasteiger partial charge in [-0.2, -0.15) is 0 Å². The average molecular weight is 278 g/mol. The number of rotatable bonds is 5. The molecule has 0 saturated heterocycles. The van der Waals surface area contributed by atoms with Gasteiger partial charge < -0.3 is 0 Å². The van der Waals surface area contributed by atoms with E-state index in [1.54, 1.807) is 13.8 Å². The summed E-state index contributed by atoms with van der Waals surface area (Å²) < 4.78 is 0. The lowest BCUT2D eigenvalue weighted by Gasteiger charge is -1.99. The van der Waals surface area contributed by atoms with Gasteiger partial charge in [0, 0.05) is 11.1 Å². The van der Waals surface area contributed by atoms with Crippen molar-refractivity contribution < 1.29 is 9.59 Å². The first-order valence-electron chi connectivity index (χ1n) is 6.93. The Morgan fingerprint density at radius 2 is 1.29 bits per heavy atom. The smallest absolute Gasteiger partial charge is 0.159 e. The van der Waals surface area contributed by atoms with E-state index in [2.05, 4.69) is 6.08 Å². The van der Waals surface area contributed by atoms with Crippen LogP contribution < -0.4 is 0 Å². The van der Waals surface area contributed by atoms with Gasteiger partial charge in [0.25, 0.3) is 0 Å². The van der Waals surface area contributed by atoms with E-state index in [9.17, 15) is 9.59 Å². The summed E-state index contributed by atoms with van der Waals surface area (Å²) in [7, 11) is 0. The first-order chi connectivity index (χ1) is 10.1. The van der Waals surface area contributed by atoms with Crippen LogP contribution in [0.4, 0.5) is 0 Å². The summed E-state index contributed by atoms with van der Waals surface area (Å²) in [6.07, 6.45) is 4.92. The van der Waals surface area contributed by atoms with Gasteiger partial charge in [0.1, 0.15) is 0 Å². The van der Waals surface area contributed by atoms with E-state index in [-0.39, 0.29) is 11.6 Å². The molecule has 0 bridgehead atoms. The molecule has 0 heterocycles. The van der Waals surface area contributed by atoms with Crippen LogP contribution in [0.5, 0.6) is 0 Å². The van der Waals surface area contributed by atoms with E-state index in [0.29, 0.717) is 0 Å². The topological polar surface area (TPSA) is 34.1 Å². The number of hydrogen-bond acceptors (Lipinski definition) is 2. The maximum Gasteiger partial charge on any atom is 0.159 e. The maximum atomic E-state index is 11.2. The second-order valence-electron chi connectivity index (χ2n) is 5.04. The highest BCUT2D eigenvalue weighted by Gasteiger charge is 1.98. The number of hydrogen-bond donors (Lipinski definition) is 0. The Morgan fingerprint density at radius 3 is 1.76 bits per heavy atom. The summed E-state index contributed by atoms with van der Waals surface area (Å²) in [5.41, 5.74) is 3.70. The Kier molecular flexibility index (Phi) is 4.83. The van der Waals surface area contributed by atoms with Crippen LogP contribution in [0.25, 0.3) is 6.08 Å². The normalized spacial score (nSPS) is 10.8. The molecule has 2 aromatic carbocycles. The molecule has 0 N–H and O–H groups in total. The molecule has 0 saturated carbocycles. The summed E-state index contributed by atoms with van der Waals surface area (Å²) in [6, 6.07) is 15.2. The van der Waals surface area contributed by atoms with Crippen molar-refractivity contribution in [2.45, 2.75) is 20.3 Å². The molecular formula is C19H18O2. The van der Waals surface area contributed by atoms with E-state index >= 15 is 0 Å². The highest BCUT2D eigenvalue weighted by molar-refractivity contribution is 5.94. The standard InChI is InChI=1S/C19H18O2/c1-14(20)18-10-6-16(7-11-18)4-3-5-17-8-12-19(13-9-17)15(2)21/h3-4,6-13H,5H2,1-2H3/b4-3+. The molecule has 0 amide bonds. The molecule has 0 aliphatic rings. The first kappa shape index (κ1) is 14.9. The zero-order chi connectivity index (χ0) is 15.2. The Hall–Kier alpha value is -2.48. The van der Waals surface area contributed by atoms with Crippen molar-refractivity contribution in [3.8, 4) is 0 Å². The third kappa shape index (κ3) is 4.25. The van der Waals surface area contributed by atoms with Crippen LogP contribution in [0.15, 0.2) is 54.6 Å². The molecule has 0 aliphatic heterocycles. The van der Waals surface area contributed by atoms with Crippen LogP contribution in [-0.4, -0.2) is 11.6 Å². The molecule has 0 fully saturated rings. The fourth-order valence-electron chi connectivity index (χ4n) is 2.04. The summed E-state index contributed by atoms with van der Waals surface area (Å²) in [5.74, 6) is 0.166. The lowest BCUT2D eigenvalue weighted by Crippen LogP contribution is -1.92. The fraction of sp³-hybridized carbons (Fsp3) is 0.158. The lowest BCUT2D eigenvalue weighted by atomic mass is 10.1. The molecule has 0 radical (unpaired) electrons. The monoisotopic (exact) mass is 278 g/mol.